The molecule has 3 nitrogen and oxygen atoms in total. The Bertz CT molecular complexity index is 511. The lowest BCUT2D eigenvalue weighted by Crippen LogP contribution is -2.18. The fourth-order valence-electron chi connectivity index (χ4n) is 1.12. The van der Waals surface area contributed by atoms with E-state index in [1.807, 2.05) is 0 Å². The molecular weight excluding hydrogens is 264 g/mol. The van der Waals surface area contributed by atoms with Gasteiger partial charge in [-0.3, -0.25) is 0 Å². The van der Waals surface area contributed by atoms with Crippen molar-refractivity contribution in [1.29, 1.82) is 10.5 Å². The molecule has 0 atom stereocenters. The minimum atomic E-state index is -5.21. The average molecular weight is 265 g/mol. The van der Waals surface area contributed by atoms with Crippen molar-refractivity contribution < 1.29 is 26.3 Å². The zero-order valence-electron chi connectivity index (χ0n) is 8.19. The van der Waals surface area contributed by atoms with Crippen LogP contribution in [0.25, 0.3) is 0 Å². The molecule has 0 aromatic carbocycles. The predicted octanol–water partition coefficient (Wildman–Crippen LogP) is 2.86. The molecule has 0 saturated carbocycles. The van der Waals surface area contributed by atoms with E-state index in [9.17, 15) is 26.3 Å². The summed E-state index contributed by atoms with van der Waals surface area (Å²) < 4.78 is 74.3. The van der Waals surface area contributed by atoms with Crippen molar-refractivity contribution in [3.8, 4) is 12.1 Å². The molecule has 9 heteroatoms. The van der Waals surface area contributed by atoms with Crippen LogP contribution in [0.2, 0.25) is 0 Å². The van der Waals surface area contributed by atoms with Gasteiger partial charge in [0.05, 0.1) is 11.1 Å². The highest BCUT2D eigenvalue weighted by molar-refractivity contribution is 5.46. The summed E-state index contributed by atoms with van der Waals surface area (Å²) in [7, 11) is 0. The van der Waals surface area contributed by atoms with Gasteiger partial charge in [-0.1, -0.05) is 0 Å². The van der Waals surface area contributed by atoms with Gasteiger partial charge < -0.3 is 0 Å². The van der Waals surface area contributed by atoms with Crippen molar-refractivity contribution in [3.63, 3.8) is 0 Å². The van der Waals surface area contributed by atoms with Crippen LogP contribution in [0, 0.1) is 22.7 Å². The monoisotopic (exact) mass is 265 g/mol. The van der Waals surface area contributed by atoms with Gasteiger partial charge in [0.15, 0.2) is 11.4 Å². The van der Waals surface area contributed by atoms with Gasteiger partial charge in [0, 0.05) is 0 Å². The molecule has 18 heavy (non-hydrogen) atoms. The van der Waals surface area contributed by atoms with Gasteiger partial charge >= 0.3 is 12.4 Å². The summed E-state index contributed by atoms with van der Waals surface area (Å²) in [6.45, 7) is 0. The van der Waals surface area contributed by atoms with Gasteiger partial charge in [0.2, 0.25) is 0 Å². The van der Waals surface area contributed by atoms with E-state index in [1.165, 1.54) is 0 Å². The third-order valence-corrected chi connectivity index (χ3v) is 1.80. The smallest absolute Gasteiger partial charge is 0.236 e. The summed E-state index contributed by atoms with van der Waals surface area (Å²) in [5.41, 5.74) is -6.19. The number of nitriles is 2. The summed E-state index contributed by atoms with van der Waals surface area (Å²) in [6, 6.07) is 2.33. The molecule has 0 bridgehead atoms. The first-order valence-corrected chi connectivity index (χ1v) is 4.11. The minimum Gasteiger partial charge on any atom is -0.236 e. The highest BCUT2D eigenvalue weighted by Crippen LogP contribution is 2.36. The normalized spacial score (nSPS) is 11.8. The van der Waals surface area contributed by atoms with Crippen LogP contribution < -0.4 is 0 Å². The lowest BCUT2D eigenvalue weighted by Gasteiger charge is -2.12. The quantitative estimate of drug-likeness (QED) is 0.677. The number of rotatable bonds is 0. The van der Waals surface area contributed by atoms with Crippen LogP contribution in [-0.2, 0) is 12.4 Å². The van der Waals surface area contributed by atoms with E-state index in [1.54, 1.807) is 0 Å². The van der Waals surface area contributed by atoms with Gasteiger partial charge in [-0.05, 0) is 6.07 Å². The highest BCUT2D eigenvalue weighted by Gasteiger charge is 2.42. The summed E-state index contributed by atoms with van der Waals surface area (Å²) in [5.74, 6) is 0. The molecule has 0 saturated heterocycles. The Morgan fingerprint density at radius 1 is 0.833 bits per heavy atom. The fraction of sp³-hybridized carbons (Fsp3) is 0.222. The van der Waals surface area contributed by atoms with Gasteiger partial charge in [-0.25, -0.2) is 4.98 Å². The Morgan fingerprint density at radius 3 is 1.39 bits per heavy atom. The number of aromatic nitrogens is 1. The van der Waals surface area contributed by atoms with Crippen LogP contribution in [0.5, 0.6) is 0 Å². The van der Waals surface area contributed by atoms with E-state index in [0.717, 1.165) is 12.1 Å². The lowest BCUT2D eigenvalue weighted by molar-refractivity contribution is -0.150. The van der Waals surface area contributed by atoms with Crippen LogP contribution in [-0.4, -0.2) is 4.98 Å². The zero-order valence-corrected chi connectivity index (χ0v) is 8.19. The highest BCUT2D eigenvalue weighted by atomic mass is 19.4. The van der Waals surface area contributed by atoms with E-state index in [4.69, 9.17) is 10.5 Å². The van der Waals surface area contributed by atoms with Crippen LogP contribution in [0.3, 0.4) is 0 Å². The number of pyridine rings is 1. The maximum Gasteiger partial charge on any atom is 0.434 e. The van der Waals surface area contributed by atoms with E-state index < -0.39 is 34.9 Å². The zero-order chi connectivity index (χ0) is 14.1. The lowest BCUT2D eigenvalue weighted by atomic mass is 10.1. The third kappa shape index (κ3) is 2.51. The molecule has 0 radical (unpaired) electrons. The van der Waals surface area contributed by atoms with Crippen molar-refractivity contribution in [1.82, 2.24) is 4.98 Å². The summed E-state index contributed by atoms with van der Waals surface area (Å²) in [4.78, 5) is 2.36. The Labute approximate surface area is 95.9 Å². The maximum absolute atomic E-state index is 12.4. The molecular formula is C9HF6N3. The minimum absolute atomic E-state index is 0.221. The third-order valence-electron chi connectivity index (χ3n) is 1.80. The van der Waals surface area contributed by atoms with E-state index >= 15 is 0 Å². The molecule has 1 aromatic rings. The Balaban J connectivity index is 3.68. The van der Waals surface area contributed by atoms with E-state index in [2.05, 4.69) is 4.98 Å². The predicted molar refractivity (Wildman–Crippen MR) is 43.7 cm³/mol. The van der Waals surface area contributed by atoms with Crippen LogP contribution in [0.1, 0.15) is 22.5 Å². The SMILES string of the molecule is N#Cc1cc(C#N)c(C(F)(F)F)nc1C(F)(F)F. The van der Waals surface area contributed by atoms with Crippen molar-refractivity contribution >= 4 is 0 Å². The average Bonchev–Trinajstić information content (AvgIpc) is 2.24. The summed E-state index contributed by atoms with van der Waals surface area (Å²) in [5, 5.41) is 16.8. The number of alkyl halides is 6. The van der Waals surface area contributed by atoms with Crippen molar-refractivity contribution in [2.24, 2.45) is 0 Å². The second-order valence-electron chi connectivity index (χ2n) is 3.00. The van der Waals surface area contributed by atoms with E-state index in [0.29, 0.717) is 0 Å². The maximum atomic E-state index is 12.4. The first-order valence-electron chi connectivity index (χ1n) is 4.11. The summed E-state index contributed by atoms with van der Waals surface area (Å²) in [6.07, 6.45) is -10.4. The molecule has 0 amide bonds. The molecule has 0 spiro atoms. The van der Waals surface area contributed by atoms with Crippen LogP contribution in [0.15, 0.2) is 6.07 Å². The number of hydrogen-bond acceptors (Lipinski definition) is 3. The van der Waals surface area contributed by atoms with Gasteiger partial charge in [0.25, 0.3) is 0 Å². The van der Waals surface area contributed by atoms with Crippen LogP contribution >= 0.6 is 0 Å². The van der Waals surface area contributed by atoms with E-state index in [-0.39, 0.29) is 6.07 Å². The molecule has 0 unspecified atom stereocenters. The molecule has 0 aliphatic carbocycles. The molecule has 0 aliphatic rings. The Hall–Kier alpha value is -2.29. The molecule has 0 fully saturated rings. The second kappa shape index (κ2) is 4.18. The topological polar surface area (TPSA) is 60.5 Å². The van der Waals surface area contributed by atoms with Gasteiger partial charge in [-0.2, -0.15) is 36.9 Å². The molecule has 0 N–H and O–H groups in total. The second-order valence-corrected chi connectivity index (χ2v) is 3.00. The number of nitrogens with zero attached hydrogens (tertiary/aromatic N) is 3. The Kier molecular flexibility index (Phi) is 3.20. The van der Waals surface area contributed by atoms with Crippen molar-refractivity contribution in [3.05, 3.63) is 28.6 Å². The van der Waals surface area contributed by atoms with Crippen molar-refractivity contribution in [2.75, 3.05) is 0 Å². The Morgan fingerprint density at radius 2 is 1.17 bits per heavy atom. The number of halogens is 6. The fourth-order valence-corrected chi connectivity index (χ4v) is 1.12. The van der Waals surface area contributed by atoms with Crippen molar-refractivity contribution in [2.45, 2.75) is 12.4 Å². The molecule has 0 aliphatic heterocycles. The number of hydrogen-bond donors (Lipinski definition) is 0. The van der Waals surface area contributed by atoms with Crippen LogP contribution in [0.4, 0.5) is 26.3 Å². The molecule has 94 valence electrons. The molecule has 1 rings (SSSR count). The molecule has 1 aromatic heterocycles. The summed E-state index contributed by atoms with van der Waals surface area (Å²) >= 11 is 0. The first-order chi connectivity index (χ1) is 8.11. The largest absolute Gasteiger partial charge is 0.434 e. The molecule has 1 heterocycles. The first kappa shape index (κ1) is 13.8. The van der Waals surface area contributed by atoms with Gasteiger partial charge in [0.1, 0.15) is 12.1 Å². The standard InChI is InChI=1S/C9HF6N3/c10-8(11,12)6-4(2-16)1-5(3-17)7(18-6)9(13,14)15/h1H. The van der Waals surface area contributed by atoms with Gasteiger partial charge in [-0.15, -0.1) is 0 Å².